The van der Waals surface area contributed by atoms with Crippen molar-refractivity contribution in [1.82, 2.24) is 10.9 Å². The van der Waals surface area contributed by atoms with Gasteiger partial charge in [-0.2, -0.15) is 0 Å². The molecule has 1 fully saturated rings. The summed E-state index contributed by atoms with van der Waals surface area (Å²) >= 11 is 0. The Kier molecular flexibility index (Phi) is 2.99. The second-order valence-electron chi connectivity index (χ2n) is 2.86. The first-order valence-corrected chi connectivity index (χ1v) is 3.78. The average molecular weight is 158 g/mol. The molecule has 1 rings (SSSR count). The van der Waals surface area contributed by atoms with Gasteiger partial charge in [0.2, 0.25) is 0 Å². The van der Waals surface area contributed by atoms with E-state index in [2.05, 4.69) is 10.9 Å². The van der Waals surface area contributed by atoms with E-state index in [0.29, 0.717) is 6.61 Å². The Balaban J connectivity index is 2.49. The van der Waals surface area contributed by atoms with Crippen LogP contribution in [-0.4, -0.2) is 32.1 Å². The lowest BCUT2D eigenvalue weighted by molar-refractivity contribution is -0.117. The molecule has 0 aromatic rings. The van der Waals surface area contributed by atoms with Crippen molar-refractivity contribution < 1.29 is 9.53 Å². The van der Waals surface area contributed by atoms with Crippen LogP contribution in [0, 0.1) is 0 Å². The van der Waals surface area contributed by atoms with Gasteiger partial charge >= 0.3 is 0 Å². The maximum absolute atomic E-state index is 10.7. The first-order valence-electron chi connectivity index (χ1n) is 3.78. The third-order valence-corrected chi connectivity index (χ3v) is 1.89. The minimum Gasteiger partial charge on any atom is -0.382 e. The molecule has 1 aliphatic rings. The quantitative estimate of drug-likeness (QED) is 0.541. The van der Waals surface area contributed by atoms with Gasteiger partial charge in [0.15, 0.2) is 0 Å². The van der Waals surface area contributed by atoms with Crippen molar-refractivity contribution in [2.24, 2.45) is 0 Å². The molecule has 4 heteroatoms. The van der Waals surface area contributed by atoms with Gasteiger partial charge in [-0.25, -0.2) is 5.43 Å². The molecule has 1 saturated heterocycles. The Hall–Kier alpha value is -0.450. The summed E-state index contributed by atoms with van der Waals surface area (Å²) in [4.78, 5) is 10.7. The summed E-state index contributed by atoms with van der Waals surface area (Å²) < 4.78 is 4.94. The molecule has 0 aromatic carbocycles. The minimum absolute atomic E-state index is 0.434. The number of hydrogen-bond donors (Lipinski definition) is 2. The summed E-state index contributed by atoms with van der Waals surface area (Å²) in [6.45, 7) is 1.35. The molecule has 2 N–H and O–H groups in total. The lowest BCUT2D eigenvalue weighted by Crippen LogP contribution is -2.60. The number of rotatable bonds is 3. The molecule has 1 unspecified atom stereocenters. The van der Waals surface area contributed by atoms with Gasteiger partial charge < -0.3 is 9.53 Å². The van der Waals surface area contributed by atoms with Crippen LogP contribution in [-0.2, 0) is 9.53 Å². The topological polar surface area (TPSA) is 50.4 Å². The van der Waals surface area contributed by atoms with Crippen molar-refractivity contribution in [3.05, 3.63) is 0 Å². The van der Waals surface area contributed by atoms with Gasteiger partial charge in [0.25, 0.3) is 0 Å². The number of aldehydes is 1. The molecular weight excluding hydrogens is 144 g/mol. The van der Waals surface area contributed by atoms with Crippen LogP contribution in [0.3, 0.4) is 0 Å². The van der Waals surface area contributed by atoms with Gasteiger partial charge in [-0.1, -0.05) is 0 Å². The smallest absolute Gasteiger partial charge is 0.143 e. The molecule has 1 aliphatic heterocycles. The summed E-state index contributed by atoms with van der Waals surface area (Å²) in [5, 5.41) is 0. The number of carbonyl (C=O) groups excluding carboxylic acids is 1. The van der Waals surface area contributed by atoms with Gasteiger partial charge in [-0.3, -0.25) is 5.43 Å². The third kappa shape index (κ3) is 1.99. The molecule has 0 aliphatic carbocycles. The fourth-order valence-electron chi connectivity index (χ4n) is 1.28. The SMILES string of the molecule is COCC1(C=O)CCCNN1. The van der Waals surface area contributed by atoms with Crippen molar-refractivity contribution in [3.63, 3.8) is 0 Å². The molecule has 0 radical (unpaired) electrons. The van der Waals surface area contributed by atoms with E-state index in [1.165, 1.54) is 0 Å². The molecule has 1 heterocycles. The number of methoxy groups -OCH3 is 1. The second kappa shape index (κ2) is 3.80. The number of ether oxygens (including phenoxy) is 1. The van der Waals surface area contributed by atoms with E-state index in [0.717, 1.165) is 25.7 Å². The summed E-state index contributed by atoms with van der Waals surface area (Å²) in [6, 6.07) is 0. The molecule has 0 amide bonds. The third-order valence-electron chi connectivity index (χ3n) is 1.89. The molecule has 0 bridgehead atoms. The van der Waals surface area contributed by atoms with Crippen molar-refractivity contribution >= 4 is 6.29 Å². The molecule has 4 nitrogen and oxygen atoms in total. The summed E-state index contributed by atoms with van der Waals surface area (Å²) in [5.41, 5.74) is 5.40. The van der Waals surface area contributed by atoms with E-state index in [-0.39, 0.29) is 0 Å². The first-order chi connectivity index (χ1) is 5.33. The van der Waals surface area contributed by atoms with Crippen LogP contribution >= 0.6 is 0 Å². The minimum atomic E-state index is -0.493. The standard InChI is InChI=1S/C7H14N2O2/c1-11-6-7(5-10)3-2-4-8-9-7/h5,8-9H,2-4,6H2,1H3. The molecule has 0 spiro atoms. The number of hydrogen-bond acceptors (Lipinski definition) is 4. The van der Waals surface area contributed by atoms with Gasteiger partial charge in [-0.05, 0) is 12.8 Å². The molecular formula is C7H14N2O2. The van der Waals surface area contributed by atoms with Crippen LogP contribution in [0.2, 0.25) is 0 Å². The van der Waals surface area contributed by atoms with Crippen molar-refractivity contribution in [3.8, 4) is 0 Å². The normalized spacial score (nSPS) is 31.7. The fraction of sp³-hybridized carbons (Fsp3) is 0.857. The lowest BCUT2D eigenvalue weighted by atomic mass is 9.95. The van der Waals surface area contributed by atoms with Crippen molar-refractivity contribution in [2.75, 3.05) is 20.3 Å². The predicted molar refractivity (Wildman–Crippen MR) is 41.0 cm³/mol. The number of hydrazine groups is 1. The highest BCUT2D eigenvalue weighted by molar-refractivity contribution is 5.64. The highest BCUT2D eigenvalue weighted by Crippen LogP contribution is 2.12. The highest BCUT2D eigenvalue weighted by Gasteiger charge is 2.31. The van der Waals surface area contributed by atoms with Crippen LogP contribution < -0.4 is 10.9 Å². The maximum Gasteiger partial charge on any atom is 0.143 e. The van der Waals surface area contributed by atoms with Gasteiger partial charge in [0, 0.05) is 13.7 Å². The van der Waals surface area contributed by atoms with E-state index in [4.69, 9.17) is 4.74 Å². The molecule has 0 saturated carbocycles. The second-order valence-corrected chi connectivity index (χ2v) is 2.86. The molecule has 0 aromatic heterocycles. The van der Waals surface area contributed by atoms with E-state index in [9.17, 15) is 4.79 Å². The zero-order chi connectivity index (χ0) is 8.16. The van der Waals surface area contributed by atoms with Crippen LogP contribution in [0.25, 0.3) is 0 Å². The zero-order valence-corrected chi connectivity index (χ0v) is 6.72. The Morgan fingerprint density at radius 3 is 3.00 bits per heavy atom. The van der Waals surface area contributed by atoms with E-state index < -0.39 is 5.54 Å². The summed E-state index contributed by atoms with van der Waals surface area (Å²) in [5.74, 6) is 0. The fourth-order valence-corrected chi connectivity index (χ4v) is 1.28. The summed E-state index contributed by atoms with van der Waals surface area (Å²) in [6.07, 6.45) is 2.77. The van der Waals surface area contributed by atoms with E-state index in [1.807, 2.05) is 0 Å². The van der Waals surface area contributed by atoms with Crippen LogP contribution in [0.4, 0.5) is 0 Å². The Morgan fingerprint density at radius 1 is 1.73 bits per heavy atom. The molecule has 11 heavy (non-hydrogen) atoms. The predicted octanol–water partition coefficient (Wildman–Crippen LogP) is -0.541. The first kappa shape index (κ1) is 8.64. The largest absolute Gasteiger partial charge is 0.382 e. The van der Waals surface area contributed by atoms with Crippen LogP contribution in [0.15, 0.2) is 0 Å². The molecule has 1 atom stereocenters. The number of nitrogens with one attached hydrogen (secondary N) is 2. The van der Waals surface area contributed by atoms with E-state index >= 15 is 0 Å². The highest BCUT2D eigenvalue weighted by atomic mass is 16.5. The monoisotopic (exact) mass is 158 g/mol. The Labute approximate surface area is 66.3 Å². The van der Waals surface area contributed by atoms with Crippen molar-refractivity contribution in [2.45, 2.75) is 18.4 Å². The maximum atomic E-state index is 10.7. The zero-order valence-electron chi connectivity index (χ0n) is 6.72. The van der Waals surface area contributed by atoms with Crippen LogP contribution in [0.5, 0.6) is 0 Å². The van der Waals surface area contributed by atoms with E-state index in [1.54, 1.807) is 7.11 Å². The number of carbonyl (C=O) groups is 1. The lowest BCUT2D eigenvalue weighted by Gasteiger charge is -2.32. The molecule has 64 valence electrons. The Bertz CT molecular complexity index is 127. The van der Waals surface area contributed by atoms with Crippen molar-refractivity contribution in [1.29, 1.82) is 0 Å². The van der Waals surface area contributed by atoms with Gasteiger partial charge in [-0.15, -0.1) is 0 Å². The van der Waals surface area contributed by atoms with Crippen LogP contribution in [0.1, 0.15) is 12.8 Å². The Morgan fingerprint density at radius 2 is 2.55 bits per heavy atom. The van der Waals surface area contributed by atoms with Gasteiger partial charge in [0.05, 0.1) is 6.61 Å². The van der Waals surface area contributed by atoms with Gasteiger partial charge in [0.1, 0.15) is 11.8 Å². The average Bonchev–Trinajstić information content (AvgIpc) is 2.07. The summed E-state index contributed by atoms with van der Waals surface area (Å²) in [7, 11) is 1.60.